The van der Waals surface area contributed by atoms with Crippen molar-refractivity contribution in [3.63, 3.8) is 0 Å². The van der Waals surface area contributed by atoms with Gasteiger partial charge in [-0.05, 0) is 36.8 Å². The first-order chi connectivity index (χ1) is 14.6. The summed E-state index contributed by atoms with van der Waals surface area (Å²) in [5.41, 5.74) is 2.71. The number of amides is 1. The van der Waals surface area contributed by atoms with Gasteiger partial charge in [-0.2, -0.15) is 0 Å². The van der Waals surface area contributed by atoms with Crippen LogP contribution >= 0.6 is 23.4 Å². The smallest absolute Gasteiger partial charge is 0.237 e. The van der Waals surface area contributed by atoms with Crippen LogP contribution in [-0.2, 0) is 11.3 Å². The van der Waals surface area contributed by atoms with Gasteiger partial charge in [-0.25, -0.2) is 0 Å². The van der Waals surface area contributed by atoms with E-state index in [2.05, 4.69) is 20.7 Å². The van der Waals surface area contributed by atoms with Crippen LogP contribution in [0.15, 0.2) is 70.3 Å². The number of aryl methyl sites for hydroxylation is 1. The lowest BCUT2D eigenvalue weighted by molar-refractivity contribution is -0.113. The molecule has 7 nitrogen and oxygen atoms in total. The van der Waals surface area contributed by atoms with Crippen LogP contribution in [0.1, 0.15) is 11.3 Å². The zero-order valence-corrected chi connectivity index (χ0v) is 17.7. The molecule has 0 aliphatic rings. The second-order valence-corrected chi connectivity index (χ2v) is 7.93. The predicted molar refractivity (Wildman–Crippen MR) is 117 cm³/mol. The Kier molecular flexibility index (Phi) is 6.15. The van der Waals surface area contributed by atoms with Crippen LogP contribution in [0.25, 0.3) is 11.4 Å². The standard InChI is InChI=1S/C21H18ClN5O2S/c1-14-11-19(29-26-14)23-18(28)13-30-21-25-24-20(16-7-9-17(22)10-8-16)27(21)12-15-5-3-2-4-6-15/h2-11H,12-13H2,1H3,(H,23,28). The highest BCUT2D eigenvalue weighted by atomic mass is 35.5. The molecule has 2 heterocycles. The van der Waals surface area contributed by atoms with Gasteiger partial charge in [0.25, 0.3) is 0 Å². The van der Waals surface area contributed by atoms with Gasteiger partial charge in [0.05, 0.1) is 18.0 Å². The van der Waals surface area contributed by atoms with Gasteiger partial charge in [-0.15, -0.1) is 10.2 Å². The summed E-state index contributed by atoms with van der Waals surface area (Å²) >= 11 is 7.33. The maximum Gasteiger partial charge on any atom is 0.237 e. The molecule has 0 aliphatic carbocycles. The number of anilines is 1. The average molecular weight is 440 g/mol. The number of thioether (sulfide) groups is 1. The van der Waals surface area contributed by atoms with Crippen LogP contribution in [0.4, 0.5) is 5.88 Å². The van der Waals surface area contributed by atoms with Crippen molar-refractivity contribution < 1.29 is 9.32 Å². The summed E-state index contributed by atoms with van der Waals surface area (Å²) in [7, 11) is 0. The van der Waals surface area contributed by atoms with Crippen molar-refractivity contribution in [1.82, 2.24) is 19.9 Å². The highest BCUT2D eigenvalue weighted by Gasteiger charge is 2.17. The number of carbonyl (C=O) groups excluding carboxylic acids is 1. The van der Waals surface area contributed by atoms with E-state index < -0.39 is 0 Å². The number of nitrogens with zero attached hydrogens (tertiary/aromatic N) is 4. The van der Waals surface area contributed by atoms with E-state index in [0.29, 0.717) is 34.1 Å². The fourth-order valence-corrected chi connectivity index (χ4v) is 3.71. The molecule has 0 bridgehead atoms. The van der Waals surface area contributed by atoms with Crippen molar-refractivity contribution in [3.05, 3.63) is 76.9 Å². The van der Waals surface area contributed by atoms with E-state index in [-0.39, 0.29) is 11.7 Å². The summed E-state index contributed by atoms with van der Waals surface area (Å²) in [6, 6.07) is 19.1. The molecule has 0 saturated heterocycles. The van der Waals surface area contributed by atoms with E-state index in [1.165, 1.54) is 11.8 Å². The quantitative estimate of drug-likeness (QED) is 0.421. The fourth-order valence-electron chi connectivity index (χ4n) is 2.84. The highest BCUT2D eigenvalue weighted by Crippen LogP contribution is 2.26. The normalized spacial score (nSPS) is 10.9. The molecular weight excluding hydrogens is 422 g/mol. The summed E-state index contributed by atoms with van der Waals surface area (Å²) in [6.45, 7) is 2.37. The van der Waals surface area contributed by atoms with Crippen molar-refractivity contribution in [3.8, 4) is 11.4 Å². The molecule has 1 amide bonds. The molecule has 0 spiro atoms. The van der Waals surface area contributed by atoms with E-state index in [0.717, 1.165) is 11.1 Å². The number of halogens is 1. The van der Waals surface area contributed by atoms with E-state index >= 15 is 0 Å². The Hall–Kier alpha value is -3.10. The summed E-state index contributed by atoms with van der Waals surface area (Å²) in [5, 5.41) is 16.4. The Balaban J connectivity index is 1.55. The van der Waals surface area contributed by atoms with Gasteiger partial charge in [0.1, 0.15) is 0 Å². The van der Waals surface area contributed by atoms with Crippen molar-refractivity contribution in [2.45, 2.75) is 18.6 Å². The minimum absolute atomic E-state index is 0.160. The molecule has 30 heavy (non-hydrogen) atoms. The van der Waals surface area contributed by atoms with E-state index in [9.17, 15) is 4.79 Å². The lowest BCUT2D eigenvalue weighted by Crippen LogP contribution is -2.14. The topological polar surface area (TPSA) is 85.8 Å². The van der Waals surface area contributed by atoms with Crippen molar-refractivity contribution in [1.29, 1.82) is 0 Å². The third-order valence-electron chi connectivity index (χ3n) is 4.23. The Morgan fingerprint density at radius 2 is 1.90 bits per heavy atom. The molecule has 0 unspecified atom stereocenters. The maximum absolute atomic E-state index is 12.3. The average Bonchev–Trinajstić information content (AvgIpc) is 3.34. The van der Waals surface area contributed by atoms with Gasteiger partial charge in [-0.3, -0.25) is 14.7 Å². The zero-order valence-electron chi connectivity index (χ0n) is 16.1. The molecule has 2 aromatic carbocycles. The molecule has 152 valence electrons. The SMILES string of the molecule is Cc1cc(NC(=O)CSc2nnc(-c3ccc(Cl)cc3)n2Cc2ccccc2)on1. The van der Waals surface area contributed by atoms with Crippen LogP contribution in [0.5, 0.6) is 0 Å². The minimum Gasteiger partial charge on any atom is -0.338 e. The Bertz CT molecular complexity index is 1140. The van der Waals surface area contributed by atoms with Crippen molar-refractivity contribution in [2.75, 3.05) is 11.1 Å². The summed E-state index contributed by atoms with van der Waals surface area (Å²) in [6.07, 6.45) is 0. The van der Waals surface area contributed by atoms with Crippen LogP contribution in [0.3, 0.4) is 0 Å². The van der Waals surface area contributed by atoms with E-state index in [1.54, 1.807) is 13.0 Å². The number of nitrogens with one attached hydrogen (secondary N) is 1. The summed E-state index contributed by atoms with van der Waals surface area (Å²) in [5.74, 6) is 0.987. The molecule has 0 aliphatic heterocycles. The first-order valence-electron chi connectivity index (χ1n) is 9.17. The maximum atomic E-state index is 12.3. The molecule has 0 saturated carbocycles. The molecule has 0 radical (unpaired) electrons. The monoisotopic (exact) mass is 439 g/mol. The van der Waals surface area contributed by atoms with Gasteiger partial charge in [0.15, 0.2) is 11.0 Å². The second kappa shape index (κ2) is 9.15. The first kappa shape index (κ1) is 20.2. The van der Waals surface area contributed by atoms with Crippen LogP contribution in [-0.4, -0.2) is 31.6 Å². The number of benzene rings is 2. The minimum atomic E-state index is -0.210. The van der Waals surface area contributed by atoms with Gasteiger partial charge in [0.2, 0.25) is 11.8 Å². The third kappa shape index (κ3) is 4.90. The highest BCUT2D eigenvalue weighted by molar-refractivity contribution is 7.99. The largest absolute Gasteiger partial charge is 0.338 e. The van der Waals surface area contributed by atoms with E-state index in [4.69, 9.17) is 16.1 Å². The zero-order chi connectivity index (χ0) is 20.9. The van der Waals surface area contributed by atoms with Crippen LogP contribution in [0, 0.1) is 6.92 Å². The lowest BCUT2D eigenvalue weighted by atomic mass is 10.2. The summed E-state index contributed by atoms with van der Waals surface area (Å²) < 4.78 is 7.02. The molecule has 9 heteroatoms. The first-order valence-corrected chi connectivity index (χ1v) is 10.5. The number of rotatable bonds is 7. The van der Waals surface area contributed by atoms with Crippen LogP contribution < -0.4 is 5.32 Å². The Morgan fingerprint density at radius 1 is 1.13 bits per heavy atom. The lowest BCUT2D eigenvalue weighted by Gasteiger charge is -2.10. The van der Waals surface area contributed by atoms with Gasteiger partial charge < -0.3 is 4.52 Å². The molecule has 2 aromatic heterocycles. The molecule has 4 aromatic rings. The van der Waals surface area contributed by atoms with Gasteiger partial charge in [0, 0.05) is 16.7 Å². The molecule has 1 N–H and O–H groups in total. The van der Waals surface area contributed by atoms with E-state index in [1.807, 2.05) is 59.2 Å². The molecule has 4 rings (SSSR count). The second-order valence-electron chi connectivity index (χ2n) is 6.55. The number of hydrogen-bond acceptors (Lipinski definition) is 6. The van der Waals surface area contributed by atoms with Gasteiger partial charge in [-0.1, -0.05) is 58.9 Å². The Labute approximate surface area is 182 Å². The number of hydrogen-bond donors (Lipinski definition) is 1. The van der Waals surface area contributed by atoms with Gasteiger partial charge >= 0.3 is 0 Å². The fraction of sp³-hybridized carbons (Fsp3) is 0.143. The molecular formula is C21H18ClN5O2S. The van der Waals surface area contributed by atoms with Crippen LogP contribution in [0.2, 0.25) is 5.02 Å². The van der Waals surface area contributed by atoms with Crippen molar-refractivity contribution in [2.24, 2.45) is 0 Å². The van der Waals surface area contributed by atoms with Crippen molar-refractivity contribution >= 4 is 35.2 Å². The molecule has 0 atom stereocenters. The summed E-state index contributed by atoms with van der Waals surface area (Å²) in [4.78, 5) is 12.3. The molecule has 0 fully saturated rings. The third-order valence-corrected chi connectivity index (χ3v) is 5.44. The predicted octanol–water partition coefficient (Wildman–Crippen LogP) is 4.67. The number of aromatic nitrogens is 4. The Morgan fingerprint density at radius 3 is 2.60 bits per heavy atom. The number of carbonyl (C=O) groups is 1.